The van der Waals surface area contributed by atoms with Crippen molar-refractivity contribution in [3.05, 3.63) is 53.6 Å². The van der Waals surface area contributed by atoms with E-state index in [4.69, 9.17) is 16.3 Å². The number of amides is 1. The summed E-state index contributed by atoms with van der Waals surface area (Å²) in [6, 6.07) is 14.4. The minimum atomic E-state index is -0.288. The molecule has 6 heteroatoms. The molecular formula is C15H12ClN3O2. The van der Waals surface area contributed by atoms with Crippen molar-refractivity contribution >= 4 is 34.5 Å². The molecule has 5 nitrogen and oxygen atoms in total. The molecule has 2 aromatic carbocycles. The second kappa shape index (κ2) is 5.85. The maximum atomic E-state index is 11.8. The Balaban J connectivity index is 1.59. The Bertz CT molecular complexity index is 735. The van der Waals surface area contributed by atoms with Crippen LogP contribution in [0.5, 0.6) is 5.75 Å². The number of carbonyl (C=O) groups is 1. The van der Waals surface area contributed by atoms with Gasteiger partial charge in [0.2, 0.25) is 5.95 Å². The number of para-hydroxylation sites is 2. The first-order chi connectivity index (χ1) is 10.2. The van der Waals surface area contributed by atoms with Crippen LogP contribution in [0, 0.1) is 0 Å². The number of ether oxygens (including phenoxy) is 1. The van der Waals surface area contributed by atoms with Crippen molar-refractivity contribution in [2.45, 2.75) is 0 Å². The van der Waals surface area contributed by atoms with E-state index in [0.717, 1.165) is 11.0 Å². The second-order valence-corrected chi connectivity index (χ2v) is 4.83. The van der Waals surface area contributed by atoms with Crippen molar-refractivity contribution in [3.63, 3.8) is 0 Å². The third-order valence-corrected chi connectivity index (χ3v) is 3.08. The van der Waals surface area contributed by atoms with E-state index in [1.807, 2.05) is 24.3 Å². The van der Waals surface area contributed by atoms with E-state index < -0.39 is 0 Å². The van der Waals surface area contributed by atoms with Crippen molar-refractivity contribution in [2.75, 3.05) is 11.9 Å². The molecule has 3 rings (SSSR count). The molecule has 0 radical (unpaired) electrons. The van der Waals surface area contributed by atoms with Crippen LogP contribution in [0.1, 0.15) is 0 Å². The predicted molar refractivity (Wildman–Crippen MR) is 81.7 cm³/mol. The van der Waals surface area contributed by atoms with Crippen molar-refractivity contribution in [3.8, 4) is 5.75 Å². The second-order valence-electron chi connectivity index (χ2n) is 4.39. The van der Waals surface area contributed by atoms with E-state index in [9.17, 15) is 4.79 Å². The number of benzene rings is 2. The lowest BCUT2D eigenvalue weighted by atomic mass is 10.3. The summed E-state index contributed by atoms with van der Waals surface area (Å²) in [7, 11) is 0. The quantitative estimate of drug-likeness (QED) is 0.777. The van der Waals surface area contributed by atoms with Gasteiger partial charge in [-0.3, -0.25) is 10.1 Å². The van der Waals surface area contributed by atoms with Crippen LogP contribution in [0.2, 0.25) is 5.02 Å². The van der Waals surface area contributed by atoms with E-state index in [1.165, 1.54) is 0 Å². The molecule has 0 fully saturated rings. The maximum Gasteiger partial charge on any atom is 0.264 e. The Hall–Kier alpha value is -2.53. The van der Waals surface area contributed by atoms with Gasteiger partial charge < -0.3 is 9.72 Å². The number of aromatic amines is 1. The number of hydrogen-bond donors (Lipinski definition) is 2. The average Bonchev–Trinajstić information content (AvgIpc) is 2.88. The van der Waals surface area contributed by atoms with Crippen LogP contribution in [0.15, 0.2) is 48.5 Å². The molecule has 1 amide bonds. The minimum Gasteiger partial charge on any atom is -0.484 e. The zero-order chi connectivity index (χ0) is 14.7. The van der Waals surface area contributed by atoms with Crippen LogP contribution in [0.4, 0.5) is 5.95 Å². The summed E-state index contributed by atoms with van der Waals surface area (Å²) in [5, 5.41) is 3.28. The van der Waals surface area contributed by atoms with Gasteiger partial charge in [0.1, 0.15) is 5.75 Å². The third kappa shape index (κ3) is 3.32. The molecule has 0 aliphatic carbocycles. The summed E-state index contributed by atoms with van der Waals surface area (Å²) in [6.07, 6.45) is 0. The monoisotopic (exact) mass is 301 g/mol. The van der Waals surface area contributed by atoms with Crippen LogP contribution in [-0.4, -0.2) is 22.5 Å². The van der Waals surface area contributed by atoms with E-state index in [2.05, 4.69) is 15.3 Å². The lowest BCUT2D eigenvalue weighted by molar-refractivity contribution is -0.118. The number of fused-ring (bicyclic) bond motifs is 1. The summed E-state index contributed by atoms with van der Waals surface area (Å²) in [4.78, 5) is 19.1. The molecule has 0 aliphatic rings. The molecule has 2 N–H and O–H groups in total. The summed E-state index contributed by atoms with van der Waals surface area (Å²) in [6.45, 7) is -0.0985. The number of hydrogen-bond acceptors (Lipinski definition) is 3. The Kier molecular flexibility index (Phi) is 3.75. The Morgan fingerprint density at radius 1 is 1.19 bits per heavy atom. The largest absolute Gasteiger partial charge is 0.484 e. The van der Waals surface area contributed by atoms with Gasteiger partial charge >= 0.3 is 0 Å². The first-order valence-electron chi connectivity index (χ1n) is 6.34. The summed E-state index contributed by atoms with van der Waals surface area (Å²) in [5.41, 5.74) is 1.66. The average molecular weight is 302 g/mol. The van der Waals surface area contributed by atoms with Gasteiger partial charge in [0, 0.05) is 5.02 Å². The standard InChI is InChI=1S/C15H12ClN3O2/c16-10-5-7-11(8-6-10)21-9-14(20)19-15-17-12-3-1-2-4-13(12)18-15/h1-8H,9H2,(H2,17,18,19,20). The van der Waals surface area contributed by atoms with Crippen molar-refractivity contribution < 1.29 is 9.53 Å². The molecule has 0 saturated carbocycles. The highest BCUT2D eigenvalue weighted by atomic mass is 35.5. The Labute approximate surface area is 125 Å². The van der Waals surface area contributed by atoms with E-state index in [-0.39, 0.29) is 12.5 Å². The molecule has 1 aromatic heterocycles. The fourth-order valence-electron chi connectivity index (χ4n) is 1.86. The number of imidazole rings is 1. The topological polar surface area (TPSA) is 67.0 Å². The fraction of sp³-hybridized carbons (Fsp3) is 0.0667. The summed E-state index contributed by atoms with van der Waals surface area (Å²) < 4.78 is 5.36. The first kappa shape index (κ1) is 13.5. The number of halogens is 1. The Morgan fingerprint density at radius 2 is 1.95 bits per heavy atom. The zero-order valence-corrected chi connectivity index (χ0v) is 11.7. The molecule has 3 aromatic rings. The SMILES string of the molecule is O=C(COc1ccc(Cl)cc1)Nc1nc2ccccc2[nH]1. The van der Waals surface area contributed by atoms with E-state index in [1.54, 1.807) is 24.3 Å². The number of nitrogens with one attached hydrogen (secondary N) is 2. The molecular weight excluding hydrogens is 290 g/mol. The van der Waals surface area contributed by atoms with Gasteiger partial charge in [0.15, 0.2) is 6.61 Å². The molecule has 21 heavy (non-hydrogen) atoms. The van der Waals surface area contributed by atoms with Crippen molar-refractivity contribution in [2.24, 2.45) is 0 Å². The van der Waals surface area contributed by atoms with Gasteiger partial charge in [0.05, 0.1) is 11.0 Å². The number of rotatable bonds is 4. The van der Waals surface area contributed by atoms with Crippen molar-refractivity contribution in [1.29, 1.82) is 0 Å². The van der Waals surface area contributed by atoms with Crippen LogP contribution < -0.4 is 10.1 Å². The first-order valence-corrected chi connectivity index (χ1v) is 6.71. The van der Waals surface area contributed by atoms with Gasteiger partial charge in [0.25, 0.3) is 5.91 Å². The van der Waals surface area contributed by atoms with Crippen LogP contribution in [0.25, 0.3) is 11.0 Å². The van der Waals surface area contributed by atoms with E-state index in [0.29, 0.717) is 16.7 Å². The molecule has 1 heterocycles. The number of H-pyrrole nitrogens is 1. The third-order valence-electron chi connectivity index (χ3n) is 2.83. The summed E-state index contributed by atoms with van der Waals surface area (Å²) in [5.74, 6) is 0.698. The molecule has 0 spiro atoms. The van der Waals surface area contributed by atoms with Gasteiger partial charge in [-0.25, -0.2) is 4.98 Å². The lowest BCUT2D eigenvalue weighted by Gasteiger charge is -2.05. The maximum absolute atomic E-state index is 11.8. The Morgan fingerprint density at radius 3 is 2.71 bits per heavy atom. The summed E-state index contributed by atoms with van der Waals surface area (Å²) >= 11 is 5.77. The molecule has 106 valence electrons. The van der Waals surface area contributed by atoms with Gasteiger partial charge in [-0.1, -0.05) is 23.7 Å². The molecule has 0 saturated heterocycles. The minimum absolute atomic E-state index is 0.0985. The zero-order valence-electron chi connectivity index (χ0n) is 11.0. The number of nitrogens with zero attached hydrogens (tertiary/aromatic N) is 1. The van der Waals surface area contributed by atoms with Crippen LogP contribution >= 0.6 is 11.6 Å². The van der Waals surface area contributed by atoms with Crippen molar-refractivity contribution in [1.82, 2.24) is 9.97 Å². The van der Waals surface area contributed by atoms with Crippen LogP contribution in [-0.2, 0) is 4.79 Å². The molecule has 0 aliphatic heterocycles. The smallest absolute Gasteiger partial charge is 0.264 e. The molecule has 0 atom stereocenters. The number of anilines is 1. The fourth-order valence-corrected chi connectivity index (χ4v) is 1.99. The lowest BCUT2D eigenvalue weighted by Crippen LogP contribution is -2.20. The normalized spacial score (nSPS) is 10.5. The van der Waals surface area contributed by atoms with E-state index >= 15 is 0 Å². The van der Waals surface area contributed by atoms with Gasteiger partial charge in [-0.2, -0.15) is 0 Å². The predicted octanol–water partition coefficient (Wildman–Crippen LogP) is 3.23. The highest BCUT2D eigenvalue weighted by molar-refractivity contribution is 6.30. The highest BCUT2D eigenvalue weighted by Crippen LogP contribution is 2.16. The number of aromatic nitrogens is 2. The van der Waals surface area contributed by atoms with Gasteiger partial charge in [-0.05, 0) is 36.4 Å². The highest BCUT2D eigenvalue weighted by Gasteiger charge is 2.07. The molecule has 0 bridgehead atoms. The molecule has 0 unspecified atom stereocenters. The van der Waals surface area contributed by atoms with Gasteiger partial charge in [-0.15, -0.1) is 0 Å². The van der Waals surface area contributed by atoms with Crippen LogP contribution in [0.3, 0.4) is 0 Å². The number of carbonyl (C=O) groups excluding carboxylic acids is 1.